The van der Waals surface area contributed by atoms with E-state index in [4.69, 9.17) is 9.47 Å². The third kappa shape index (κ3) is 5.85. The second kappa shape index (κ2) is 10.5. The molecule has 0 saturated heterocycles. The van der Waals surface area contributed by atoms with Crippen LogP contribution >= 0.6 is 0 Å². The number of carbonyl (C=O) groups is 1. The molecule has 0 amide bonds. The molecule has 156 valence electrons. The number of hydrogen-bond acceptors (Lipinski definition) is 3. The van der Waals surface area contributed by atoms with Crippen molar-refractivity contribution >= 4 is 5.97 Å². The van der Waals surface area contributed by atoms with Gasteiger partial charge >= 0.3 is 5.97 Å². The molecule has 0 radical (unpaired) electrons. The van der Waals surface area contributed by atoms with Crippen LogP contribution in [0.3, 0.4) is 0 Å². The molecule has 3 nitrogen and oxygen atoms in total. The van der Waals surface area contributed by atoms with Crippen LogP contribution in [0, 0.1) is 11.8 Å². The average Bonchev–Trinajstić information content (AvgIpc) is 2.74. The number of hydrogen-bond donors (Lipinski definition) is 0. The van der Waals surface area contributed by atoms with Gasteiger partial charge in [-0.25, -0.2) is 4.79 Å². The summed E-state index contributed by atoms with van der Waals surface area (Å²) < 4.78 is 10.9. The zero-order valence-corrected chi connectivity index (χ0v) is 18.0. The highest BCUT2D eigenvalue weighted by atomic mass is 16.5. The minimum Gasteiger partial charge on any atom is -0.494 e. The molecule has 29 heavy (non-hydrogen) atoms. The molecule has 2 aromatic carbocycles. The predicted molar refractivity (Wildman–Crippen MR) is 118 cm³/mol. The first-order valence-corrected chi connectivity index (χ1v) is 11.2. The first-order valence-electron chi connectivity index (χ1n) is 11.2. The van der Waals surface area contributed by atoms with E-state index in [2.05, 4.69) is 26.0 Å². The van der Waals surface area contributed by atoms with Gasteiger partial charge in [0.25, 0.3) is 0 Å². The molecular formula is C26H34O3. The predicted octanol–water partition coefficient (Wildman–Crippen LogP) is 7.01. The van der Waals surface area contributed by atoms with Crippen molar-refractivity contribution in [3.05, 3.63) is 59.7 Å². The highest BCUT2D eigenvalue weighted by Gasteiger charge is 2.28. The summed E-state index contributed by atoms with van der Waals surface area (Å²) in [7, 11) is 0. The van der Waals surface area contributed by atoms with E-state index < -0.39 is 0 Å². The number of esters is 1. The lowest BCUT2D eigenvalue weighted by Gasteiger charge is -2.34. The Labute approximate surface area is 175 Å². The van der Waals surface area contributed by atoms with E-state index in [1.807, 2.05) is 31.2 Å². The minimum absolute atomic E-state index is 0.322. The maximum Gasteiger partial charge on any atom is 0.343 e. The summed E-state index contributed by atoms with van der Waals surface area (Å²) in [6.07, 6.45) is 7.94. The number of carbonyl (C=O) groups excluding carboxylic acids is 1. The molecule has 0 heterocycles. The fraction of sp³-hybridized carbons (Fsp3) is 0.500. The summed E-state index contributed by atoms with van der Waals surface area (Å²) in [5.74, 6) is 3.18. The summed E-state index contributed by atoms with van der Waals surface area (Å²) in [4.78, 5) is 12.5. The topological polar surface area (TPSA) is 35.5 Å². The Morgan fingerprint density at radius 1 is 0.966 bits per heavy atom. The molecule has 0 bridgehead atoms. The van der Waals surface area contributed by atoms with E-state index in [9.17, 15) is 4.79 Å². The molecule has 3 atom stereocenters. The number of rotatable bonds is 8. The third-order valence-electron chi connectivity index (χ3n) is 6.16. The first kappa shape index (κ1) is 21.4. The molecule has 0 spiro atoms. The van der Waals surface area contributed by atoms with Gasteiger partial charge in [-0.15, -0.1) is 0 Å². The number of unbranched alkanes of at least 4 members (excludes halogenated alkanes) is 1. The Kier molecular flexibility index (Phi) is 7.74. The Balaban J connectivity index is 1.57. The van der Waals surface area contributed by atoms with Crippen molar-refractivity contribution < 1.29 is 14.3 Å². The third-order valence-corrected chi connectivity index (χ3v) is 6.16. The summed E-state index contributed by atoms with van der Waals surface area (Å²) in [5, 5.41) is 0. The maximum atomic E-state index is 12.5. The van der Waals surface area contributed by atoms with Crippen LogP contribution in [0.15, 0.2) is 48.5 Å². The van der Waals surface area contributed by atoms with Crippen molar-refractivity contribution in [1.29, 1.82) is 0 Å². The van der Waals surface area contributed by atoms with Gasteiger partial charge in [0.2, 0.25) is 0 Å². The zero-order valence-electron chi connectivity index (χ0n) is 18.0. The van der Waals surface area contributed by atoms with Crippen molar-refractivity contribution in [1.82, 2.24) is 0 Å². The van der Waals surface area contributed by atoms with Gasteiger partial charge in [-0.05, 0) is 85.9 Å². The molecular weight excluding hydrogens is 360 g/mol. The normalized spacial score (nSPS) is 21.6. The minimum atomic E-state index is -0.322. The highest BCUT2D eigenvalue weighted by molar-refractivity contribution is 5.91. The monoisotopic (exact) mass is 394 g/mol. The van der Waals surface area contributed by atoms with Crippen LogP contribution < -0.4 is 9.47 Å². The number of benzene rings is 2. The van der Waals surface area contributed by atoms with Gasteiger partial charge in [0.05, 0.1) is 12.2 Å². The molecule has 1 fully saturated rings. The van der Waals surface area contributed by atoms with Crippen LogP contribution in [0.2, 0.25) is 0 Å². The molecule has 0 aliphatic heterocycles. The van der Waals surface area contributed by atoms with Crippen LogP contribution in [-0.4, -0.2) is 12.6 Å². The van der Waals surface area contributed by atoms with Crippen LogP contribution in [0.4, 0.5) is 0 Å². The largest absolute Gasteiger partial charge is 0.494 e. The summed E-state index contributed by atoms with van der Waals surface area (Å²) >= 11 is 0. The van der Waals surface area contributed by atoms with Gasteiger partial charge < -0.3 is 9.47 Å². The second-order valence-corrected chi connectivity index (χ2v) is 8.32. The molecule has 2 aromatic rings. The molecule has 0 N–H and O–H groups in total. The summed E-state index contributed by atoms with van der Waals surface area (Å²) in [6.45, 7) is 7.22. The molecule has 1 aliphatic rings. The van der Waals surface area contributed by atoms with E-state index in [-0.39, 0.29) is 5.97 Å². The fourth-order valence-corrected chi connectivity index (χ4v) is 4.56. The van der Waals surface area contributed by atoms with Crippen LogP contribution in [-0.2, 0) is 0 Å². The first-order chi connectivity index (χ1) is 14.1. The van der Waals surface area contributed by atoms with E-state index in [1.54, 1.807) is 12.1 Å². The lowest BCUT2D eigenvalue weighted by molar-refractivity contribution is 0.0734. The van der Waals surface area contributed by atoms with Gasteiger partial charge in [0.15, 0.2) is 0 Å². The van der Waals surface area contributed by atoms with Gasteiger partial charge in [-0.1, -0.05) is 45.2 Å². The van der Waals surface area contributed by atoms with Gasteiger partial charge in [0, 0.05) is 0 Å². The Morgan fingerprint density at radius 2 is 1.66 bits per heavy atom. The molecule has 3 unspecified atom stereocenters. The molecule has 3 heteroatoms. The maximum absolute atomic E-state index is 12.5. The molecule has 1 saturated carbocycles. The Morgan fingerprint density at radius 3 is 2.28 bits per heavy atom. The number of ether oxygens (including phenoxy) is 2. The molecule has 1 aliphatic carbocycles. The fourth-order valence-electron chi connectivity index (χ4n) is 4.56. The van der Waals surface area contributed by atoms with E-state index in [0.717, 1.165) is 11.7 Å². The van der Waals surface area contributed by atoms with Gasteiger partial charge in [0.1, 0.15) is 11.5 Å². The van der Waals surface area contributed by atoms with Crippen LogP contribution in [0.1, 0.15) is 81.1 Å². The summed E-state index contributed by atoms with van der Waals surface area (Å²) in [6, 6.07) is 15.2. The highest BCUT2D eigenvalue weighted by Crippen LogP contribution is 2.41. The van der Waals surface area contributed by atoms with Gasteiger partial charge in [-0.3, -0.25) is 0 Å². The van der Waals surface area contributed by atoms with E-state index in [0.29, 0.717) is 29.8 Å². The van der Waals surface area contributed by atoms with Crippen molar-refractivity contribution in [3.8, 4) is 11.5 Å². The SMILES string of the molecule is CCCCC1CCC(c2ccc(C(=O)Oc3ccc(OCC)cc3)cc2)C(C)C1. The van der Waals surface area contributed by atoms with Gasteiger partial charge in [-0.2, -0.15) is 0 Å². The Hall–Kier alpha value is -2.29. The smallest absolute Gasteiger partial charge is 0.343 e. The zero-order chi connectivity index (χ0) is 20.6. The van der Waals surface area contributed by atoms with Crippen LogP contribution in [0.25, 0.3) is 0 Å². The van der Waals surface area contributed by atoms with Crippen molar-refractivity contribution in [3.63, 3.8) is 0 Å². The molecule has 0 aromatic heterocycles. The van der Waals surface area contributed by atoms with Crippen molar-refractivity contribution in [2.75, 3.05) is 6.61 Å². The quantitative estimate of drug-likeness (QED) is 0.357. The summed E-state index contributed by atoms with van der Waals surface area (Å²) in [5.41, 5.74) is 1.94. The van der Waals surface area contributed by atoms with Crippen LogP contribution in [0.5, 0.6) is 11.5 Å². The lowest BCUT2D eigenvalue weighted by Crippen LogP contribution is -2.21. The van der Waals surface area contributed by atoms with Crippen molar-refractivity contribution in [2.24, 2.45) is 11.8 Å². The van der Waals surface area contributed by atoms with Crippen molar-refractivity contribution in [2.45, 2.75) is 65.2 Å². The standard InChI is InChI=1S/C26H34O3/c1-4-6-7-20-8-17-25(19(3)18-20)21-9-11-22(12-10-21)26(27)29-24-15-13-23(14-16-24)28-5-2/h9-16,19-20,25H,4-8,17-18H2,1-3H3. The molecule has 3 rings (SSSR count). The Bertz CT molecular complexity index is 764. The second-order valence-electron chi connectivity index (χ2n) is 8.32. The van der Waals surface area contributed by atoms with E-state index in [1.165, 1.54) is 44.1 Å². The lowest BCUT2D eigenvalue weighted by atomic mass is 9.71. The average molecular weight is 395 g/mol. The van der Waals surface area contributed by atoms with E-state index >= 15 is 0 Å².